The van der Waals surface area contributed by atoms with Gasteiger partial charge in [-0.1, -0.05) is 6.07 Å². The summed E-state index contributed by atoms with van der Waals surface area (Å²) in [6.07, 6.45) is 6.40. The number of anilines is 4. The van der Waals surface area contributed by atoms with Crippen molar-refractivity contribution in [2.24, 2.45) is 0 Å². The topological polar surface area (TPSA) is 129 Å². The number of piperazine rings is 1. The lowest BCUT2D eigenvalue weighted by molar-refractivity contribution is 0.246. The summed E-state index contributed by atoms with van der Waals surface area (Å²) in [5, 5.41) is 17.1. The van der Waals surface area contributed by atoms with Gasteiger partial charge >= 0.3 is 0 Å². The Morgan fingerprint density at radius 3 is 2.76 bits per heavy atom. The van der Waals surface area contributed by atoms with E-state index in [2.05, 4.69) is 25.5 Å². The largest absolute Gasteiger partial charge is 0.394 e. The number of benzene rings is 1. The van der Waals surface area contributed by atoms with Crippen molar-refractivity contribution in [2.45, 2.75) is 12.6 Å². The minimum atomic E-state index is -3.45. The predicted molar refractivity (Wildman–Crippen MR) is 145 cm³/mol. The number of nitrogens with one attached hydrogen (secondary N) is 2. The minimum Gasteiger partial charge on any atom is -0.394 e. The molecule has 1 fully saturated rings. The average Bonchev–Trinajstić information content (AvgIpc) is 3.30. The number of nitrogens with zero attached hydrogens (tertiary/aromatic N) is 6. The summed E-state index contributed by atoms with van der Waals surface area (Å²) in [5.41, 5.74) is 3.38. The molecule has 0 unspecified atom stereocenters. The van der Waals surface area contributed by atoms with Gasteiger partial charge < -0.3 is 25.2 Å². The highest BCUT2D eigenvalue weighted by Gasteiger charge is 2.21. The van der Waals surface area contributed by atoms with E-state index in [-0.39, 0.29) is 12.6 Å². The molecule has 4 heterocycles. The Morgan fingerprint density at radius 2 is 2.00 bits per heavy atom. The third-order valence-corrected chi connectivity index (χ3v) is 7.69. The van der Waals surface area contributed by atoms with Gasteiger partial charge in [0.05, 0.1) is 25.4 Å². The molecular formula is C25H30N8O3S. The molecule has 4 aromatic rings. The summed E-state index contributed by atoms with van der Waals surface area (Å²) < 4.78 is 27.3. The summed E-state index contributed by atoms with van der Waals surface area (Å²) >= 11 is 0. The molecule has 1 saturated heterocycles. The minimum absolute atomic E-state index is 0.0589. The lowest BCUT2D eigenvalue weighted by atomic mass is 10.1. The van der Waals surface area contributed by atoms with E-state index in [4.69, 9.17) is 4.98 Å². The lowest BCUT2D eigenvalue weighted by Crippen LogP contribution is -2.53. The molecule has 0 amide bonds. The number of hydrogen-bond donors (Lipinski definition) is 3. The maximum Gasteiger partial charge on any atom is 0.233 e. The van der Waals surface area contributed by atoms with E-state index in [1.54, 1.807) is 18.5 Å². The third-order valence-electron chi connectivity index (χ3n) is 6.52. The first-order valence-corrected chi connectivity index (χ1v) is 13.8. The fourth-order valence-corrected chi connectivity index (χ4v) is 4.94. The monoisotopic (exact) mass is 522 g/mol. The Bertz CT molecular complexity index is 1490. The molecule has 1 atom stereocenters. The highest BCUT2D eigenvalue weighted by molar-refractivity contribution is 7.92. The molecule has 3 aromatic heterocycles. The van der Waals surface area contributed by atoms with E-state index in [0.717, 1.165) is 53.9 Å². The molecule has 0 aliphatic carbocycles. The highest BCUT2D eigenvalue weighted by atomic mass is 32.2. The number of aliphatic hydroxyl groups is 1. The molecule has 1 aromatic carbocycles. The van der Waals surface area contributed by atoms with Gasteiger partial charge in [0.15, 0.2) is 0 Å². The number of pyridine rings is 1. The third kappa shape index (κ3) is 5.36. The van der Waals surface area contributed by atoms with Crippen molar-refractivity contribution in [1.29, 1.82) is 0 Å². The van der Waals surface area contributed by atoms with E-state index in [9.17, 15) is 13.5 Å². The van der Waals surface area contributed by atoms with E-state index in [1.165, 1.54) is 11.4 Å². The van der Waals surface area contributed by atoms with Crippen LogP contribution in [0.25, 0.3) is 11.0 Å². The Kier molecular flexibility index (Phi) is 6.96. The SMILES string of the molecule is CN(c1ncccc1Cn1ccc2cnc(Nc3ccc(N4CCNC[C@@H]4CO)cc3)nc21)S(C)(=O)=O. The van der Waals surface area contributed by atoms with Crippen LogP contribution in [0.15, 0.2) is 61.1 Å². The smallest absolute Gasteiger partial charge is 0.233 e. The number of aromatic nitrogens is 4. The molecule has 37 heavy (non-hydrogen) atoms. The van der Waals surface area contributed by atoms with E-state index in [0.29, 0.717) is 18.3 Å². The van der Waals surface area contributed by atoms with Crippen molar-refractivity contribution in [2.75, 3.05) is 54.1 Å². The number of fused-ring (bicyclic) bond motifs is 1. The lowest BCUT2D eigenvalue weighted by Gasteiger charge is -2.37. The van der Waals surface area contributed by atoms with Gasteiger partial charge in [-0.05, 0) is 36.4 Å². The van der Waals surface area contributed by atoms with Gasteiger partial charge in [-0.3, -0.25) is 4.31 Å². The molecule has 11 nitrogen and oxygen atoms in total. The van der Waals surface area contributed by atoms with Gasteiger partial charge in [0, 0.05) is 67.6 Å². The zero-order chi connectivity index (χ0) is 26.0. The van der Waals surface area contributed by atoms with Crippen molar-refractivity contribution < 1.29 is 13.5 Å². The molecule has 3 N–H and O–H groups in total. The van der Waals surface area contributed by atoms with Crippen LogP contribution in [0.4, 0.5) is 23.1 Å². The Morgan fingerprint density at radius 1 is 1.19 bits per heavy atom. The van der Waals surface area contributed by atoms with E-state index < -0.39 is 10.0 Å². The molecule has 0 radical (unpaired) electrons. The van der Waals surface area contributed by atoms with Crippen molar-refractivity contribution in [1.82, 2.24) is 24.8 Å². The first kappa shape index (κ1) is 24.9. The zero-order valence-corrected chi connectivity index (χ0v) is 21.6. The number of sulfonamides is 1. The fourth-order valence-electron chi connectivity index (χ4n) is 4.47. The Hall–Kier alpha value is -3.74. The van der Waals surface area contributed by atoms with Crippen LogP contribution in [-0.4, -0.2) is 78.6 Å². The molecule has 0 saturated carbocycles. The molecule has 12 heteroatoms. The molecule has 194 valence electrons. The van der Waals surface area contributed by atoms with Crippen LogP contribution in [0.1, 0.15) is 5.56 Å². The van der Waals surface area contributed by atoms with Crippen molar-refractivity contribution >= 4 is 44.2 Å². The van der Waals surface area contributed by atoms with Gasteiger partial charge in [-0.15, -0.1) is 0 Å². The van der Waals surface area contributed by atoms with Gasteiger partial charge in [-0.25, -0.2) is 18.4 Å². The second-order valence-electron chi connectivity index (χ2n) is 9.04. The predicted octanol–water partition coefficient (Wildman–Crippen LogP) is 1.78. The quantitative estimate of drug-likeness (QED) is 0.317. The summed E-state index contributed by atoms with van der Waals surface area (Å²) in [6, 6.07) is 13.6. The Labute approximate surface area is 215 Å². The van der Waals surface area contributed by atoms with Crippen LogP contribution in [0.3, 0.4) is 0 Å². The second kappa shape index (κ2) is 10.3. The standard InChI is InChI=1S/C25H30N8O3S/c1-31(37(2,35)36)23-19(4-3-10-27-23)16-32-12-9-18-14-28-25(30-24(18)32)29-20-5-7-21(8-6-20)33-13-11-26-15-22(33)17-34/h3-10,12,14,22,26,34H,11,13,15-17H2,1-2H3,(H,28,29,30)/t22-/m1/s1. The molecule has 5 rings (SSSR count). The molecule has 0 bridgehead atoms. The molecule has 0 spiro atoms. The first-order chi connectivity index (χ1) is 17.8. The fraction of sp³-hybridized carbons (Fsp3) is 0.320. The molecular weight excluding hydrogens is 492 g/mol. The number of aliphatic hydroxyl groups excluding tert-OH is 1. The summed E-state index contributed by atoms with van der Waals surface area (Å²) in [7, 11) is -1.95. The van der Waals surface area contributed by atoms with Crippen LogP contribution in [0, 0.1) is 0 Å². The van der Waals surface area contributed by atoms with Gasteiger partial charge in [0.2, 0.25) is 16.0 Å². The van der Waals surface area contributed by atoms with Crippen LogP contribution in [-0.2, 0) is 16.6 Å². The summed E-state index contributed by atoms with van der Waals surface area (Å²) in [4.78, 5) is 15.7. The van der Waals surface area contributed by atoms with Crippen LogP contribution in [0.2, 0.25) is 0 Å². The Balaban J connectivity index is 1.36. The highest BCUT2D eigenvalue weighted by Crippen LogP contribution is 2.25. The van der Waals surface area contributed by atoms with Crippen molar-refractivity contribution in [3.8, 4) is 0 Å². The van der Waals surface area contributed by atoms with Crippen molar-refractivity contribution in [3.05, 3.63) is 66.6 Å². The van der Waals surface area contributed by atoms with Gasteiger partial charge in [0.25, 0.3) is 0 Å². The number of hydrogen-bond acceptors (Lipinski definition) is 9. The number of rotatable bonds is 8. The first-order valence-electron chi connectivity index (χ1n) is 12.0. The summed E-state index contributed by atoms with van der Waals surface area (Å²) in [6.45, 7) is 2.98. The van der Waals surface area contributed by atoms with Gasteiger partial charge in [-0.2, -0.15) is 4.98 Å². The normalized spacial score (nSPS) is 16.2. The summed E-state index contributed by atoms with van der Waals surface area (Å²) in [5.74, 6) is 0.836. The maximum atomic E-state index is 12.1. The molecule has 1 aliphatic rings. The van der Waals surface area contributed by atoms with Crippen molar-refractivity contribution in [3.63, 3.8) is 0 Å². The van der Waals surface area contributed by atoms with Crippen LogP contribution in [0.5, 0.6) is 0 Å². The average molecular weight is 523 g/mol. The zero-order valence-electron chi connectivity index (χ0n) is 20.7. The second-order valence-corrected chi connectivity index (χ2v) is 11.1. The van der Waals surface area contributed by atoms with E-state index >= 15 is 0 Å². The van der Waals surface area contributed by atoms with Crippen LogP contribution >= 0.6 is 0 Å². The van der Waals surface area contributed by atoms with E-state index in [1.807, 2.05) is 47.2 Å². The maximum absolute atomic E-state index is 12.1. The van der Waals surface area contributed by atoms with Crippen LogP contribution < -0.4 is 19.8 Å². The van der Waals surface area contributed by atoms with Gasteiger partial charge in [0.1, 0.15) is 11.5 Å². The molecule has 1 aliphatic heterocycles.